The summed E-state index contributed by atoms with van der Waals surface area (Å²) in [5.41, 5.74) is 0. The zero-order chi connectivity index (χ0) is 13.7. The van der Waals surface area contributed by atoms with Crippen LogP contribution in [0.2, 0.25) is 0 Å². The van der Waals surface area contributed by atoms with Crippen LogP contribution in [-0.4, -0.2) is 46.1 Å². The lowest BCUT2D eigenvalue weighted by atomic mass is 10.2. The highest BCUT2D eigenvalue weighted by atomic mass is 16.5. The molecule has 5 heteroatoms. The van der Waals surface area contributed by atoms with E-state index in [0.29, 0.717) is 18.1 Å². The number of rotatable bonds is 5. The molecule has 1 saturated heterocycles. The molecule has 106 valence electrons. The molecule has 1 aromatic rings. The first-order valence-corrected chi connectivity index (χ1v) is 6.43. The summed E-state index contributed by atoms with van der Waals surface area (Å²) in [7, 11) is 3.24. The van der Waals surface area contributed by atoms with E-state index in [2.05, 4.69) is 5.32 Å². The van der Waals surface area contributed by atoms with Gasteiger partial charge in [-0.2, -0.15) is 0 Å². The molecule has 0 bridgehead atoms. The van der Waals surface area contributed by atoms with Gasteiger partial charge in [0.05, 0.1) is 20.3 Å². The number of morpholine rings is 1. The van der Waals surface area contributed by atoms with Crippen LogP contribution in [0.15, 0.2) is 18.2 Å². The number of methoxy groups -OCH3 is 2. The van der Waals surface area contributed by atoms with Crippen LogP contribution in [0.5, 0.6) is 17.2 Å². The van der Waals surface area contributed by atoms with Gasteiger partial charge in [-0.05, 0) is 6.92 Å². The number of nitrogens with one attached hydrogen (secondary N) is 1. The van der Waals surface area contributed by atoms with Gasteiger partial charge in [-0.1, -0.05) is 0 Å². The Morgan fingerprint density at radius 1 is 1.11 bits per heavy atom. The van der Waals surface area contributed by atoms with Gasteiger partial charge in [-0.15, -0.1) is 0 Å². The molecule has 0 spiro atoms. The van der Waals surface area contributed by atoms with Crippen LogP contribution >= 0.6 is 0 Å². The molecule has 5 nitrogen and oxygen atoms in total. The van der Waals surface area contributed by atoms with Crippen molar-refractivity contribution in [2.24, 2.45) is 0 Å². The molecule has 0 saturated carbocycles. The van der Waals surface area contributed by atoms with Gasteiger partial charge in [-0.25, -0.2) is 0 Å². The van der Waals surface area contributed by atoms with Crippen molar-refractivity contribution in [1.82, 2.24) is 5.32 Å². The molecule has 1 aromatic carbocycles. The summed E-state index contributed by atoms with van der Waals surface area (Å²) in [6, 6.07) is 5.48. The number of hydrogen-bond donors (Lipinski definition) is 1. The molecule has 1 aliphatic rings. The van der Waals surface area contributed by atoms with Gasteiger partial charge in [0.15, 0.2) is 0 Å². The first-order chi connectivity index (χ1) is 9.21. The Balaban J connectivity index is 1.94. The normalized spacial score (nSPS) is 22.9. The highest BCUT2D eigenvalue weighted by molar-refractivity contribution is 5.41. The molecular formula is C14H21NO4. The van der Waals surface area contributed by atoms with Crippen molar-refractivity contribution in [1.29, 1.82) is 0 Å². The molecule has 0 aromatic heterocycles. The second-order valence-corrected chi connectivity index (χ2v) is 4.59. The Morgan fingerprint density at radius 2 is 1.74 bits per heavy atom. The van der Waals surface area contributed by atoms with E-state index in [1.807, 2.05) is 25.1 Å². The molecule has 19 heavy (non-hydrogen) atoms. The van der Waals surface area contributed by atoms with Gasteiger partial charge >= 0.3 is 0 Å². The summed E-state index contributed by atoms with van der Waals surface area (Å²) >= 11 is 0. The van der Waals surface area contributed by atoms with Gasteiger partial charge < -0.3 is 24.3 Å². The molecule has 2 rings (SSSR count). The smallest absolute Gasteiger partial charge is 0.126 e. The molecule has 0 aliphatic carbocycles. The molecule has 0 radical (unpaired) electrons. The van der Waals surface area contributed by atoms with E-state index in [0.717, 1.165) is 18.8 Å². The van der Waals surface area contributed by atoms with Gasteiger partial charge in [0, 0.05) is 31.3 Å². The highest BCUT2D eigenvalue weighted by Gasteiger charge is 2.19. The summed E-state index contributed by atoms with van der Waals surface area (Å²) < 4.78 is 21.9. The van der Waals surface area contributed by atoms with Crippen molar-refractivity contribution >= 4 is 0 Å². The third-order valence-electron chi connectivity index (χ3n) is 2.99. The largest absolute Gasteiger partial charge is 0.496 e. The van der Waals surface area contributed by atoms with Crippen molar-refractivity contribution in [3.8, 4) is 17.2 Å². The van der Waals surface area contributed by atoms with E-state index in [9.17, 15) is 0 Å². The maximum atomic E-state index is 5.77. The van der Waals surface area contributed by atoms with Crippen molar-refractivity contribution in [3.63, 3.8) is 0 Å². The first-order valence-electron chi connectivity index (χ1n) is 6.43. The van der Waals surface area contributed by atoms with Crippen molar-refractivity contribution in [2.45, 2.75) is 19.1 Å². The average molecular weight is 267 g/mol. The quantitative estimate of drug-likeness (QED) is 0.875. The maximum absolute atomic E-state index is 5.77. The van der Waals surface area contributed by atoms with Crippen LogP contribution in [0, 0.1) is 0 Å². The highest BCUT2D eigenvalue weighted by Crippen LogP contribution is 2.27. The fourth-order valence-electron chi connectivity index (χ4n) is 2.02. The van der Waals surface area contributed by atoms with Crippen LogP contribution in [0.1, 0.15) is 6.92 Å². The van der Waals surface area contributed by atoms with Crippen LogP contribution in [0.25, 0.3) is 0 Å². The van der Waals surface area contributed by atoms with E-state index in [-0.39, 0.29) is 12.2 Å². The molecule has 2 atom stereocenters. The summed E-state index contributed by atoms with van der Waals surface area (Å²) in [6.07, 6.45) is 0.295. The van der Waals surface area contributed by atoms with Gasteiger partial charge in [0.25, 0.3) is 0 Å². The van der Waals surface area contributed by atoms with E-state index in [4.69, 9.17) is 18.9 Å². The molecule has 1 heterocycles. The molecule has 1 aliphatic heterocycles. The molecule has 1 N–H and O–H groups in total. The van der Waals surface area contributed by atoms with Gasteiger partial charge in [0.1, 0.15) is 30.0 Å². The molecular weight excluding hydrogens is 246 g/mol. The Labute approximate surface area is 113 Å². The summed E-state index contributed by atoms with van der Waals surface area (Å²) in [4.78, 5) is 0. The van der Waals surface area contributed by atoms with E-state index in [1.54, 1.807) is 14.2 Å². The molecule has 0 amide bonds. The monoisotopic (exact) mass is 267 g/mol. The zero-order valence-electron chi connectivity index (χ0n) is 11.6. The Kier molecular flexibility index (Phi) is 4.87. The van der Waals surface area contributed by atoms with E-state index >= 15 is 0 Å². The third-order valence-corrected chi connectivity index (χ3v) is 2.99. The van der Waals surface area contributed by atoms with Crippen molar-refractivity contribution in [2.75, 3.05) is 33.9 Å². The van der Waals surface area contributed by atoms with E-state index < -0.39 is 0 Å². The standard InChI is InChI=1S/C14H21NO4/c1-10-7-15-8-14(19-10)9-18-13-5-11(16-2)4-12(6-13)17-3/h4-6,10,14-15H,7-9H2,1-3H3. The lowest BCUT2D eigenvalue weighted by molar-refractivity contribution is -0.0470. The van der Waals surface area contributed by atoms with Crippen molar-refractivity contribution in [3.05, 3.63) is 18.2 Å². The lowest BCUT2D eigenvalue weighted by Gasteiger charge is -2.28. The third kappa shape index (κ3) is 4.01. The fourth-order valence-corrected chi connectivity index (χ4v) is 2.02. The SMILES string of the molecule is COc1cc(OC)cc(OCC2CNCC(C)O2)c1. The number of ether oxygens (including phenoxy) is 4. The minimum Gasteiger partial charge on any atom is -0.496 e. The van der Waals surface area contributed by atoms with Crippen LogP contribution < -0.4 is 19.5 Å². The Bertz CT molecular complexity index is 388. The Morgan fingerprint density at radius 3 is 2.32 bits per heavy atom. The van der Waals surface area contributed by atoms with Gasteiger partial charge in [0.2, 0.25) is 0 Å². The topological polar surface area (TPSA) is 49.0 Å². The Hall–Kier alpha value is -1.46. The fraction of sp³-hybridized carbons (Fsp3) is 0.571. The van der Waals surface area contributed by atoms with E-state index in [1.165, 1.54) is 0 Å². The van der Waals surface area contributed by atoms with Crippen molar-refractivity contribution < 1.29 is 18.9 Å². The second kappa shape index (κ2) is 6.63. The maximum Gasteiger partial charge on any atom is 0.126 e. The van der Waals surface area contributed by atoms with Crippen LogP contribution in [-0.2, 0) is 4.74 Å². The lowest BCUT2D eigenvalue weighted by Crippen LogP contribution is -2.45. The summed E-state index contributed by atoms with van der Waals surface area (Å²) in [5.74, 6) is 2.15. The number of hydrogen-bond acceptors (Lipinski definition) is 5. The van der Waals surface area contributed by atoms with Gasteiger partial charge in [-0.3, -0.25) is 0 Å². The minimum absolute atomic E-state index is 0.0703. The van der Waals surface area contributed by atoms with Crippen LogP contribution in [0.3, 0.4) is 0 Å². The average Bonchev–Trinajstić information content (AvgIpc) is 2.44. The summed E-state index contributed by atoms with van der Waals surface area (Å²) in [5, 5.41) is 3.31. The molecule has 1 fully saturated rings. The molecule has 2 unspecified atom stereocenters. The number of benzene rings is 1. The summed E-state index contributed by atoms with van der Waals surface area (Å²) in [6.45, 7) is 4.26. The first kappa shape index (κ1) is 14.0. The second-order valence-electron chi connectivity index (χ2n) is 4.59. The minimum atomic E-state index is 0.0703. The van der Waals surface area contributed by atoms with Crippen LogP contribution in [0.4, 0.5) is 0 Å². The predicted octanol–water partition coefficient (Wildman–Crippen LogP) is 1.46. The predicted molar refractivity (Wildman–Crippen MR) is 72.2 cm³/mol. The zero-order valence-corrected chi connectivity index (χ0v) is 11.6.